The number of benzene rings is 2. The zero-order valence-electron chi connectivity index (χ0n) is 17.0. The summed E-state index contributed by atoms with van der Waals surface area (Å²) in [6, 6.07) is 14.5. The molecule has 0 aromatic heterocycles. The van der Waals surface area contributed by atoms with Gasteiger partial charge in [0.15, 0.2) is 5.60 Å². The van der Waals surface area contributed by atoms with E-state index in [1.165, 1.54) is 0 Å². The lowest BCUT2D eigenvalue weighted by molar-refractivity contribution is -0.264. The quantitative estimate of drug-likeness (QED) is 0.684. The molecule has 3 rings (SSSR count). The SMILES string of the molecule is CC(NCC(O)(CC(C)(C)c1cccc2c1OCC2)C(F)(F)F)c1ccccc1. The van der Waals surface area contributed by atoms with Gasteiger partial charge < -0.3 is 15.2 Å². The van der Waals surface area contributed by atoms with Crippen LogP contribution in [0.25, 0.3) is 0 Å². The topological polar surface area (TPSA) is 41.5 Å². The van der Waals surface area contributed by atoms with Gasteiger partial charge in [0.05, 0.1) is 6.61 Å². The average Bonchev–Trinajstić information content (AvgIpc) is 3.14. The Balaban J connectivity index is 1.82. The lowest BCUT2D eigenvalue weighted by atomic mass is 9.74. The molecule has 1 aliphatic heterocycles. The zero-order chi connectivity index (χ0) is 21.3. The molecule has 0 bridgehead atoms. The summed E-state index contributed by atoms with van der Waals surface area (Å²) in [7, 11) is 0. The third kappa shape index (κ3) is 4.59. The first-order chi connectivity index (χ1) is 13.5. The molecule has 0 saturated carbocycles. The lowest BCUT2D eigenvalue weighted by Gasteiger charge is -2.39. The summed E-state index contributed by atoms with van der Waals surface area (Å²) in [5.74, 6) is 0.660. The van der Waals surface area contributed by atoms with Crippen molar-refractivity contribution in [2.75, 3.05) is 13.2 Å². The van der Waals surface area contributed by atoms with Crippen LogP contribution in [0.4, 0.5) is 13.2 Å². The molecule has 6 heteroatoms. The number of halogens is 3. The molecule has 158 valence electrons. The van der Waals surface area contributed by atoms with Crippen molar-refractivity contribution in [3.05, 3.63) is 65.2 Å². The lowest BCUT2D eigenvalue weighted by Crippen LogP contribution is -2.55. The highest BCUT2D eigenvalue weighted by molar-refractivity contribution is 5.47. The smallest absolute Gasteiger partial charge is 0.418 e. The fraction of sp³-hybridized carbons (Fsp3) is 0.478. The van der Waals surface area contributed by atoms with Gasteiger partial charge in [0.2, 0.25) is 0 Å². The van der Waals surface area contributed by atoms with Gasteiger partial charge in [-0.2, -0.15) is 13.2 Å². The minimum absolute atomic E-state index is 0.322. The summed E-state index contributed by atoms with van der Waals surface area (Å²) in [4.78, 5) is 0. The number of nitrogens with one attached hydrogen (secondary N) is 1. The molecular formula is C23H28F3NO2. The van der Waals surface area contributed by atoms with Crippen LogP contribution < -0.4 is 10.1 Å². The highest BCUT2D eigenvalue weighted by Crippen LogP contribution is 2.45. The van der Waals surface area contributed by atoms with E-state index in [2.05, 4.69) is 5.32 Å². The minimum atomic E-state index is -4.77. The summed E-state index contributed by atoms with van der Waals surface area (Å²) >= 11 is 0. The number of para-hydroxylation sites is 1. The second-order valence-electron chi connectivity index (χ2n) is 8.50. The van der Waals surface area contributed by atoms with E-state index in [4.69, 9.17) is 4.74 Å². The molecule has 2 unspecified atom stereocenters. The number of rotatable bonds is 7. The molecule has 1 aliphatic rings. The van der Waals surface area contributed by atoms with Gasteiger partial charge >= 0.3 is 6.18 Å². The Kier molecular flexibility index (Phi) is 5.97. The van der Waals surface area contributed by atoms with Gasteiger partial charge in [-0.1, -0.05) is 62.4 Å². The Bertz CT molecular complexity index is 836. The van der Waals surface area contributed by atoms with E-state index in [9.17, 15) is 18.3 Å². The number of alkyl halides is 3. The Labute approximate surface area is 169 Å². The normalized spacial score (nSPS) is 17.3. The second kappa shape index (κ2) is 8.00. The first-order valence-electron chi connectivity index (χ1n) is 9.86. The molecular weight excluding hydrogens is 379 g/mol. The molecule has 0 spiro atoms. The molecule has 0 fully saturated rings. The predicted octanol–water partition coefficient (Wildman–Crippen LogP) is 4.93. The van der Waals surface area contributed by atoms with Crippen molar-refractivity contribution in [2.45, 2.75) is 56.8 Å². The van der Waals surface area contributed by atoms with Crippen molar-refractivity contribution >= 4 is 0 Å². The number of hydrogen-bond donors (Lipinski definition) is 2. The van der Waals surface area contributed by atoms with Crippen LogP contribution in [0.2, 0.25) is 0 Å². The fourth-order valence-corrected chi connectivity index (χ4v) is 4.02. The highest BCUT2D eigenvalue weighted by Gasteiger charge is 2.56. The van der Waals surface area contributed by atoms with Gasteiger partial charge in [-0.15, -0.1) is 0 Å². The van der Waals surface area contributed by atoms with Crippen molar-refractivity contribution in [3.8, 4) is 5.75 Å². The van der Waals surface area contributed by atoms with Gasteiger partial charge in [-0.05, 0) is 29.9 Å². The number of fused-ring (bicyclic) bond motifs is 1. The predicted molar refractivity (Wildman–Crippen MR) is 107 cm³/mol. The largest absolute Gasteiger partial charge is 0.493 e. The minimum Gasteiger partial charge on any atom is -0.493 e. The van der Waals surface area contributed by atoms with Crippen LogP contribution in [0.5, 0.6) is 5.75 Å². The van der Waals surface area contributed by atoms with Crippen LogP contribution in [0.3, 0.4) is 0 Å². The van der Waals surface area contributed by atoms with Crippen molar-refractivity contribution < 1.29 is 23.0 Å². The van der Waals surface area contributed by atoms with Gasteiger partial charge in [0.1, 0.15) is 5.75 Å². The summed E-state index contributed by atoms with van der Waals surface area (Å²) < 4.78 is 47.6. The summed E-state index contributed by atoms with van der Waals surface area (Å²) in [6.07, 6.45) is -4.50. The summed E-state index contributed by atoms with van der Waals surface area (Å²) in [5, 5.41) is 13.6. The Morgan fingerprint density at radius 1 is 1.07 bits per heavy atom. The Morgan fingerprint density at radius 2 is 1.76 bits per heavy atom. The van der Waals surface area contributed by atoms with Crippen LogP contribution in [0.1, 0.15) is 49.9 Å². The van der Waals surface area contributed by atoms with E-state index >= 15 is 0 Å². The molecule has 0 radical (unpaired) electrons. The number of aliphatic hydroxyl groups is 1. The third-order valence-electron chi connectivity index (χ3n) is 5.71. The maximum atomic E-state index is 14.0. The van der Waals surface area contributed by atoms with Crippen molar-refractivity contribution in [1.82, 2.24) is 5.32 Å². The number of hydrogen-bond acceptors (Lipinski definition) is 3. The standard InChI is InChI=1S/C23H28F3NO2/c1-16(17-8-5-4-6-9-17)27-15-22(28,23(24,25)26)14-21(2,3)19-11-7-10-18-12-13-29-20(18)19/h4-11,16,27-28H,12-15H2,1-3H3. The van der Waals surface area contributed by atoms with Gasteiger partial charge in [-0.3, -0.25) is 0 Å². The number of ether oxygens (including phenoxy) is 1. The maximum absolute atomic E-state index is 14.0. The highest BCUT2D eigenvalue weighted by atomic mass is 19.4. The van der Waals surface area contributed by atoms with Crippen LogP contribution in [0, 0.1) is 0 Å². The molecule has 2 atom stereocenters. The van der Waals surface area contributed by atoms with Crippen molar-refractivity contribution in [3.63, 3.8) is 0 Å². The van der Waals surface area contributed by atoms with E-state index in [1.807, 2.05) is 42.5 Å². The van der Waals surface area contributed by atoms with Gasteiger partial charge in [-0.25, -0.2) is 0 Å². The molecule has 29 heavy (non-hydrogen) atoms. The zero-order valence-corrected chi connectivity index (χ0v) is 17.0. The maximum Gasteiger partial charge on any atom is 0.418 e. The summed E-state index contributed by atoms with van der Waals surface area (Å²) in [5.41, 5.74) is -1.24. The first kappa shape index (κ1) is 21.7. The van der Waals surface area contributed by atoms with Gasteiger partial charge in [0, 0.05) is 24.6 Å². The van der Waals surface area contributed by atoms with Gasteiger partial charge in [0.25, 0.3) is 0 Å². The van der Waals surface area contributed by atoms with Crippen LogP contribution in [0.15, 0.2) is 48.5 Å². The first-order valence-corrected chi connectivity index (χ1v) is 9.86. The molecule has 0 amide bonds. The van der Waals surface area contributed by atoms with Crippen LogP contribution >= 0.6 is 0 Å². The van der Waals surface area contributed by atoms with Crippen molar-refractivity contribution in [2.24, 2.45) is 0 Å². The van der Waals surface area contributed by atoms with Crippen LogP contribution in [-0.2, 0) is 11.8 Å². The molecule has 2 aromatic carbocycles. The van der Waals surface area contributed by atoms with E-state index in [-0.39, 0.29) is 6.04 Å². The Morgan fingerprint density at radius 3 is 2.41 bits per heavy atom. The monoisotopic (exact) mass is 407 g/mol. The van der Waals surface area contributed by atoms with E-state index < -0.39 is 30.2 Å². The molecule has 0 aliphatic carbocycles. The van der Waals surface area contributed by atoms with Crippen molar-refractivity contribution in [1.29, 1.82) is 0 Å². The van der Waals surface area contributed by atoms with Crippen LogP contribution in [-0.4, -0.2) is 30.0 Å². The van der Waals surface area contributed by atoms with E-state index in [1.54, 1.807) is 26.8 Å². The Hall–Kier alpha value is -2.05. The summed E-state index contributed by atoms with van der Waals surface area (Å²) in [6.45, 7) is 5.17. The third-order valence-corrected chi connectivity index (χ3v) is 5.71. The molecule has 2 N–H and O–H groups in total. The second-order valence-corrected chi connectivity index (χ2v) is 8.50. The van der Waals surface area contributed by atoms with E-state index in [0.29, 0.717) is 17.9 Å². The molecule has 3 nitrogen and oxygen atoms in total. The molecule has 0 saturated heterocycles. The average molecular weight is 407 g/mol. The van der Waals surface area contributed by atoms with E-state index in [0.717, 1.165) is 17.5 Å². The molecule has 2 aromatic rings. The molecule has 1 heterocycles. The fourth-order valence-electron chi connectivity index (χ4n) is 4.02.